The van der Waals surface area contributed by atoms with E-state index in [1.54, 1.807) is 24.3 Å². The van der Waals surface area contributed by atoms with Gasteiger partial charge in [0.1, 0.15) is 17.0 Å². The molecule has 3 aromatic carbocycles. The van der Waals surface area contributed by atoms with Gasteiger partial charge in [-0.05, 0) is 92.1 Å². The van der Waals surface area contributed by atoms with Crippen LogP contribution in [0.2, 0.25) is 0 Å². The average Bonchev–Trinajstić information content (AvgIpc) is 3.48. The molecule has 0 saturated carbocycles. The summed E-state index contributed by atoms with van der Waals surface area (Å²) in [5.41, 5.74) is 6.57. The lowest BCUT2D eigenvalue weighted by molar-refractivity contribution is 0.0951. The molecule has 36 heavy (non-hydrogen) atoms. The predicted octanol–water partition coefficient (Wildman–Crippen LogP) is 6.51. The number of nitrogens with zero attached hydrogens (tertiary/aromatic N) is 1. The number of phenolic OH excluding ortho intramolecular Hbond substituents is 1. The number of aromatic hydroxyl groups is 1. The van der Waals surface area contributed by atoms with Crippen molar-refractivity contribution in [3.63, 3.8) is 0 Å². The van der Waals surface area contributed by atoms with E-state index in [1.165, 1.54) is 11.6 Å². The maximum atomic E-state index is 12.6. The van der Waals surface area contributed by atoms with Gasteiger partial charge in [0, 0.05) is 17.3 Å². The summed E-state index contributed by atoms with van der Waals surface area (Å²) in [7, 11) is 0. The van der Waals surface area contributed by atoms with Gasteiger partial charge in [-0.1, -0.05) is 18.2 Å². The Hall–Kier alpha value is -4.43. The summed E-state index contributed by atoms with van der Waals surface area (Å²) >= 11 is 5.27. The fraction of sp³-hybridized carbons (Fsp3) is 0.107. The Morgan fingerprint density at radius 3 is 2.53 bits per heavy atom. The molecule has 5 rings (SSSR count). The number of aryl methyl sites for hydroxylation is 3. The van der Waals surface area contributed by atoms with Gasteiger partial charge in [-0.3, -0.25) is 10.1 Å². The maximum absolute atomic E-state index is 12.6. The molecule has 1 amide bonds. The van der Waals surface area contributed by atoms with Crippen LogP contribution in [0.15, 0.2) is 75.6 Å². The smallest absolute Gasteiger partial charge is 0.293 e. The Bertz CT molecular complexity index is 1630. The van der Waals surface area contributed by atoms with E-state index in [0.717, 1.165) is 16.7 Å². The summed E-state index contributed by atoms with van der Waals surface area (Å²) in [6, 6.07) is 19.9. The third kappa shape index (κ3) is 4.71. The van der Waals surface area contributed by atoms with Crippen LogP contribution in [0.5, 0.6) is 5.75 Å². The molecule has 0 aliphatic heterocycles. The molecule has 0 radical (unpaired) electrons. The Kier molecular flexibility index (Phi) is 6.03. The van der Waals surface area contributed by atoms with Gasteiger partial charge in [-0.25, -0.2) is 4.98 Å². The summed E-state index contributed by atoms with van der Waals surface area (Å²) in [4.78, 5) is 17.1. The highest BCUT2D eigenvalue weighted by Gasteiger charge is 2.16. The maximum Gasteiger partial charge on any atom is 0.293 e. The van der Waals surface area contributed by atoms with Crippen molar-refractivity contribution in [3.05, 3.63) is 89.2 Å². The first-order valence-corrected chi connectivity index (χ1v) is 11.7. The number of carbonyl (C=O) groups is 1. The van der Waals surface area contributed by atoms with E-state index in [1.807, 2.05) is 57.2 Å². The minimum absolute atomic E-state index is 0.0403. The Morgan fingerprint density at radius 2 is 1.75 bits per heavy atom. The van der Waals surface area contributed by atoms with Gasteiger partial charge in [-0.15, -0.1) is 0 Å². The van der Waals surface area contributed by atoms with Crippen LogP contribution < -0.4 is 10.6 Å². The molecule has 7 nitrogen and oxygen atoms in total. The normalized spacial score (nSPS) is 11.0. The van der Waals surface area contributed by atoms with E-state index in [9.17, 15) is 9.90 Å². The molecule has 0 fully saturated rings. The molecule has 5 aromatic rings. The minimum Gasteiger partial charge on any atom is -0.507 e. The van der Waals surface area contributed by atoms with Crippen molar-refractivity contribution in [3.8, 4) is 28.5 Å². The fourth-order valence-corrected chi connectivity index (χ4v) is 3.99. The zero-order chi connectivity index (χ0) is 25.4. The number of furan rings is 1. The van der Waals surface area contributed by atoms with Crippen LogP contribution >= 0.6 is 12.2 Å². The molecule has 0 spiro atoms. The Balaban J connectivity index is 1.26. The van der Waals surface area contributed by atoms with Crippen LogP contribution in [0.3, 0.4) is 0 Å². The zero-order valence-corrected chi connectivity index (χ0v) is 20.7. The summed E-state index contributed by atoms with van der Waals surface area (Å²) in [6.45, 7) is 6.04. The lowest BCUT2D eigenvalue weighted by atomic mass is 10.1. The second-order valence-electron chi connectivity index (χ2n) is 8.59. The molecule has 0 aliphatic carbocycles. The SMILES string of the molecule is Cc1ccc2oc(-c3ccc(NC(=S)NC(=O)c4ccc(-c5ccc(C)c(C)c5)o4)cc3O)nc2c1. The third-order valence-electron chi connectivity index (χ3n) is 5.88. The van der Waals surface area contributed by atoms with Gasteiger partial charge >= 0.3 is 0 Å². The minimum atomic E-state index is -0.481. The van der Waals surface area contributed by atoms with Crippen molar-refractivity contribution in [2.24, 2.45) is 0 Å². The first-order valence-electron chi connectivity index (χ1n) is 11.3. The van der Waals surface area contributed by atoms with E-state index in [2.05, 4.69) is 15.6 Å². The van der Waals surface area contributed by atoms with Crippen molar-refractivity contribution in [2.45, 2.75) is 20.8 Å². The number of amides is 1. The molecule has 180 valence electrons. The number of nitrogens with one attached hydrogen (secondary N) is 2. The monoisotopic (exact) mass is 497 g/mol. The standard InChI is InChI=1S/C28H23N3O4S/c1-15-4-9-24-21(12-15)30-27(35-24)20-8-7-19(14-22(20)32)29-28(36)31-26(33)25-11-10-23(34-25)18-6-5-16(2)17(3)13-18/h4-14,32H,1-3H3,(H2,29,31,33,36). The fourth-order valence-electron chi connectivity index (χ4n) is 3.78. The van der Waals surface area contributed by atoms with E-state index < -0.39 is 5.91 Å². The van der Waals surface area contributed by atoms with E-state index in [0.29, 0.717) is 34.0 Å². The van der Waals surface area contributed by atoms with Crippen LogP contribution in [0, 0.1) is 20.8 Å². The van der Waals surface area contributed by atoms with E-state index >= 15 is 0 Å². The largest absolute Gasteiger partial charge is 0.507 e. The molecule has 2 heterocycles. The quantitative estimate of drug-likeness (QED) is 0.243. The average molecular weight is 498 g/mol. The number of anilines is 1. The van der Waals surface area contributed by atoms with Crippen molar-refractivity contribution in [1.29, 1.82) is 0 Å². The molecule has 0 saturated heterocycles. The highest BCUT2D eigenvalue weighted by Crippen LogP contribution is 2.33. The first kappa shape index (κ1) is 23.3. The van der Waals surface area contributed by atoms with Crippen LogP contribution in [-0.2, 0) is 0 Å². The van der Waals surface area contributed by atoms with Crippen molar-refractivity contribution < 1.29 is 18.7 Å². The summed E-state index contributed by atoms with van der Waals surface area (Å²) in [5.74, 6) is 0.522. The van der Waals surface area contributed by atoms with E-state index in [-0.39, 0.29) is 16.6 Å². The van der Waals surface area contributed by atoms with Gasteiger partial charge in [0.25, 0.3) is 5.91 Å². The van der Waals surface area contributed by atoms with Gasteiger partial charge in [0.2, 0.25) is 5.89 Å². The molecule has 0 bridgehead atoms. The second-order valence-corrected chi connectivity index (χ2v) is 9.00. The van der Waals surface area contributed by atoms with Crippen LogP contribution in [0.4, 0.5) is 5.69 Å². The molecule has 8 heteroatoms. The lowest BCUT2D eigenvalue weighted by Gasteiger charge is -2.10. The second kappa shape index (κ2) is 9.31. The molecule has 2 aromatic heterocycles. The molecule has 3 N–H and O–H groups in total. The number of rotatable bonds is 4. The number of benzene rings is 3. The van der Waals surface area contributed by atoms with Gasteiger partial charge in [-0.2, -0.15) is 0 Å². The summed E-state index contributed by atoms with van der Waals surface area (Å²) in [6.07, 6.45) is 0. The zero-order valence-electron chi connectivity index (χ0n) is 19.9. The molecular weight excluding hydrogens is 474 g/mol. The Morgan fingerprint density at radius 1 is 0.917 bits per heavy atom. The highest BCUT2D eigenvalue weighted by molar-refractivity contribution is 7.80. The molecule has 0 atom stereocenters. The van der Waals surface area contributed by atoms with E-state index in [4.69, 9.17) is 21.1 Å². The lowest BCUT2D eigenvalue weighted by Crippen LogP contribution is -2.33. The van der Waals surface area contributed by atoms with Crippen molar-refractivity contribution in [2.75, 3.05) is 5.32 Å². The number of hydrogen-bond donors (Lipinski definition) is 3. The number of thiocarbonyl (C=S) groups is 1. The first-order chi connectivity index (χ1) is 17.3. The molecule has 0 unspecified atom stereocenters. The van der Waals surface area contributed by atoms with Gasteiger partial charge < -0.3 is 19.3 Å². The number of fused-ring (bicyclic) bond motifs is 1. The number of hydrogen-bond acceptors (Lipinski definition) is 6. The summed E-state index contributed by atoms with van der Waals surface area (Å²) in [5, 5.41) is 16.1. The summed E-state index contributed by atoms with van der Waals surface area (Å²) < 4.78 is 11.5. The van der Waals surface area contributed by atoms with Crippen molar-refractivity contribution in [1.82, 2.24) is 10.3 Å². The molecular formula is C28H23N3O4S. The number of phenols is 1. The van der Waals surface area contributed by atoms with Gasteiger partial charge in [0.05, 0.1) is 5.56 Å². The van der Waals surface area contributed by atoms with Gasteiger partial charge in [0.15, 0.2) is 16.5 Å². The van der Waals surface area contributed by atoms with Crippen LogP contribution in [0.25, 0.3) is 33.9 Å². The van der Waals surface area contributed by atoms with Crippen molar-refractivity contribution >= 4 is 40.0 Å². The third-order valence-corrected chi connectivity index (χ3v) is 6.08. The van der Waals surface area contributed by atoms with Crippen LogP contribution in [-0.4, -0.2) is 21.1 Å². The number of carbonyl (C=O) groups excluding carboxylic acids is 1. The molecule has 0 aliphatic rings. The topological polar surface area (TPSA) is 101 Å². The highest BCUT2D eigenvalue weighted by atomic mass is 32.1. The number of aromatic nitrogens is 1. The predicted molar refractivity (Wildman–Crippen MR) is 143 cm³/mol. The van der Waals surface area contributed by atoms with Crippen LogP contribution in [0.1, 0.15) is 27.2 Å². The Labute approximate surface area is 212 Å². The number of oxazole rings is 1.